The normalized spacial score (nSPS) is 24.1. The number of benzene rings is 4. The predicted octanol–water partition coefficient (Wildman–Crippen LogP) is 7.90. The van der Waals surface area contributed by atoms with Gasteiger partial charge in [0.2, 0.25) is 0 Å². The number of carbonyl (C=O) groups excluding carboxylic acids is 1. The van der Waals surface area contributed by atoms with Gasteiger partial charge in [0.1, 0.15) is 22.9 Å². The van der Waals surface area contributed by atoms with Crippen LogP contribution in [0.15, 0.2) is 84.9 Å². The second kappa shape index (κ2) is 16.8. The van der Waals surface area contributed by atoms with E-state index in [1.54, 1.807) is 13.2 Å². The fourth-order valence-electron chi connectivity index (χ4n) is 11.5. The SMILES string of the molecule is COc1ccc(N2CCN(C)CC2)c(CC2(Cc3c(F)cccc3N3CCN(C)CC3)CC[N+](c3ccc(C4(O)CCCC4)cc3)(c3ccc(C4(O)CCCC4)cc3)C2=O)c1. The highest BCUT2D eigenvalue weighted by molar-refractivity contribution is 6.01. The van der Waals surface area contributed by atoms with E-state index in [1.807, 2.05) is 42.5 Å². The molecule has 4 aromatic carbocycles. The average Bonchev–Trinajstić information content (AvgIpc) is 4.01. The molecule has 10 heteroatoms. The highest BCUT2D eigenvalue weighted by Crippen LogP contribution is 2.53. The van der Waals surface area contributed by atoms with E-state index in [1.165, 1.54) is 0 Å². The quantitative estimate of drug-likeness (QED) is 0.148. The third-order valence-corrected chi connectivity index (χ3v) is 15.4. The molecule has 1 amide bonds. The van der Waals surface area contributed by atoms with Crippen molar-refractivity contribution in [1.82, 2.24) is 14.3 Å². The molecule has 2 N–H and O–H groups in total. The molecule has 0 spiro atoms. The van der Waals surface area contributed by atoms with Crippen molar-refractivity contribution in [3.8, 4) is 5.75 Å². The summed E-state index contributed by atoms with van der Waals surface area (Å²) in [7, 11) is 5.97. The molecule has 2 saturated carbocycles. The summed E-state index contributed by atoms with van der Waals surface area (Å²) in [4.78, 5) is 26.0. The van der Waals surface area contributed by atoms with Crippen LogP contribution in [0.1, 0.15) is 80.0 Å². The van der Waals surface area contributed by atoms with Crippen LogP contribution >= 0.6 is 0 Å². The zero-order valence-corrected chi connectivity index (χ0v) is 36.5. The second-order valence-electron chi connectivity index (χ2n) is 19.1. The van der Waals surface area contributed by atoms with Crippen molar-refractivity contribution in [3.63, 3.8) is 0 Å². The molecular weight excluding hydrogens is 766 g/mol. The molecular formula is C51H65FN5O4+. The van der Waals surface area contributed by atoms with E-state index in [2.05, 4.69) is 70.1 Å². The van der Waals surface area contributed by atoms with Crippen molar-refractivity contribution in [1.29, 1.82) is 0 Å². The number of piperazine rings is 2. The Hall–Kier alpha value is -4.32. The van der Waals surface area contributed by atoms with Gasteiger partial charge in [-0.3, -0.25) is 0 Å². The predicted molar refractivity (Wildman–Crippen MR) is 242 cm³/mol. The van der Waals surface area contributed by atoms with Gasteiger partial charge >= 0.3 is 5.91 Å². The van der Waals surface area contributed by atoms with Crippen LogP contribution in [0.4, 0.5) is 27.1 Å². The Morgan fingerprint density at radius 1 is 0.639 bits per heavy atom. The van der Waals surface area contributed by atoms with Gasteiger partial charge in [0.05, 0.1) is 30.3 Å². The van der Waals surface area contributed by atoms with Crippen LogP contribution in [0.2, 0.25) is 0 Å². The van der Waals surface area contributed by atoms with Crippen molar-refractivity contribution in [3.05, 3.63) is 113 Å². The van der Waals surface area contributed by atoms with Crippen molar-refractivity contribution < 1.29 is 24.1 Å². The number of quaternary nitrogens is 1. The van der Waals surface area contributed by atoms with Crippen LogP contribution in [0.5, 0.6) is 5.75 Å². The molecule has 324 valence electrons. The summed E-state index contributed by atoms with van der Waals surface area (Å²) in [6, 6.07) is 28.0. The molecule has 9 rings (SSSR count). The van der Waals surface area contributed by atoms with Gasteiger partial charge in [0.15, 0.2) is 0 Å². The molecule has 1 atom stereocenters. The maximum absolute atomic E-state index is 16.8. The standard InChI is InChI=1S/C51H65FN5O4/c1-53-26-30-55(31-27-53)46-20-19-43(61-3)35-38(46)36-49(37-44-45(52)9-8-10-47(44)56-32-28-54(2)29-33-56)25-34-57(48(49)58,41-15-11-39(12-16-41)50(59)21-4-5-22-50)42-17-13-40(14-18-42)51(60)23-6-7-24-51/h8-20,35,59-60H,4-7,21-34,36-37H2,1-3H3/q+1. The highest BCUT2D eigenvalue weighted by Gasteiger charge is 2.61. The van der Waals surface area contributed by atoms with Gasteiger partial charge in [-0.2, -0.15) is 4.48 Å². The number of hydrogen-bond acceptors (Lipinski definition) is 8. The summed E-state index contributed by atoms with van der Waals surface area (Å²) < 4.78 is 22.6. The second-order valence-corrected chi connectivity index (χ2v) is 19.1. The van der Waals surface area contributed by atoms with E-state index < -0.39 is 16.6 Å². The third kappa shape index (κ3) is 7.77. The lowest BCUT2D eigenvalue weighted by Crippen LogP contribution is -2.51. The van der Waals surface area contributed by atoms with E-state index in [0.29, 0.717) is 24.9 Å². The first-order valence-electron chi connectivity index (χ1n) is 22.9. The van der Waals surface area contributed by atoms with Crippen LogP contribution in [0.3, 0.4) is 0 Å². The topological polar surface area (TPSA) is 79.7 Å². The van der Waals surface area contributed by atoms with Crippen molar-refractivity contribution in [2.75, 3.05) is 89.9 Å². The highest BCUT2D eigenvalue weighted by atomic mass is 19.1. The maximum atomic E-state index is 16.8. The third-order valence-electron chi connectivity index (χ3n) is 15.4. The van der Waals surface area contributed by atoms with Crippen molar-refractivity contribution in [2.24, 2.45) is 5.41 Å². The number of likely N-dealkylation sites (N-methyl/N-ethyl adjacent to an activating group) is 2. The summed E-state index contributed by atoms with van der Waals surface area (Å²) in [6.45, 7) is 7.44. The number of anilines is 2. The molecule has 9 nitrogen and oxygen atoms in total. The first-order chi connectivity index (χ1) is 29.4. The zero-order valence-electron chi connectivity index (χ0n) is 36.5. The number of carbonyl (C=O) groups is 1. The average molecular weight is 831 g/mol. The molecule has 0 radical (unpaired) electrons. The van der Waals surface area contributed by atoms with Crippen LogP contribution in [0, 0.1) is 11.2 Å². The Morgan fingerprint density at radius 3 is 1.66 bits per heavy atom. The van der Waals surface area contributed by atoms with E-state index in [4.69, 9.17) is 4.74 Å². The number of halogens is 1. The Balaban J connectivity index is 1.20. The molecule has 5 fully saturated rings. The molecule has 3 aliphatic heterocycles. The fraction of sp³-hybridized carbons (Fsp3) is 0.510. The van der Waals surface area contributed by atoms with Gasteiger partial charge < -0.3 is 34.5 Å². The molecule has 5 aliphatic rings. The molecule has 3 saturated heterocycles. The Kier molecular flexibility index (Phi) is 11.5. The number of aliphatic hydroxyl groups is 2. The van der Waals surface area contributed by atoms with Crippen molar-refractivity contribution in [2.45, 2.75) is 81.8 Å². The Labute approximate surface area is 361 Å². The largest absolute Gasteiger partial charge is 0.497 e. The first kappa shape index (κ1) is 42.0. The van der Waals surface area contributed by atoms with Crippen molar-refractivity contribution >= 4 is 28.7 Å². The number of rotatable bonds is 11. The smallest absolute Gasteiger partial charge is 0.330 e. The Morgan fingerprint density at radius 2 is 1.15 bits per heavy atom. The van der Waals surface area contributed by atoms with Gasteiger partial charge in [0.25, 0.3) is 0 Å². The summed E-state index contributed by atoms with van der Waals surface area (Å²) in [5.74, 6) is 0.493. The van der Waals surface area contributed by atoms with Crippen LogP contribution < -0.4 is 19.0 Å². The number of nitrogens with zero attached hydrogens (tertiary/aromatic N) is 5. The number of hydrogen-bond donors (Lipinski definition) is 2. The molecule has 0 bridgehead atoms. The van der Waals surface area contributed by atoms with E-state index in [0.717, 1.165) is 149 Å². The summed E-state index contributed by atoms with van der Waals surface area (Å²) >= 11 is 0. The lowest BCUT2D eigenvalue weighted by molar-refractivity contribution is -0.133. The summed E-state index contributed by atoms with van der Waals surface area (Å²) in [5, 5.41) is 23.3. The molecule has 0 aromatic heterocycles. The monoisotopic (exact) mass is 831 g/mol. The van der Waals surface area contributed by atoms with Gasteiger partial charge in [-0.15, -0.1) is 0 Å². The minimum absolute atomic E-state index is 0.0342. The van der Waals surface area contributed by atoms with Gasteiger partial charge in [-0.05, 0) is 99.6 Å². The number of ether oxygens (including phenoxy) is 1. The number of methoxy groups -OCH3 is 1. The van der Waals surface area contributed by atoms with Gasteiger partial charge in [-0.25, -0.2) is 9.18 Å². The minimum Gasteiger partial charge on any atom is -0.497 e. The lowest BCUT2D eigenvalue weighted by atomic mass is 9.74. The first-order valence-corrected chi connectivity index (χ1v) is 22.9. The summed E-state index contributed by atoms with van der Waals surface area (Å²) in [6.07, 6.45) is 8.07. The van der Waals surface area contributed by atoms with E-state index >= 15 is 9.18 Å². The van der Waals surface area contributed by atoms with Crippen LogP contribution in [0.25, 0.3) is 0 Å². The number of amides is 1. The van der Waals surface area contributed by atoms with Crippen LogP contribution in [-0.2, 0) is 28.8 Å². The molecule has 3 heterocycles. The minimum atomic E-state index is -1.01. The summed E-state index contributed by atoms with van der Waals surface area (Å²) in [5.41, 5.74) is 4.32. The van der Waals surface area contributed by atoms with Gasteiger partial charge in [-0.1, -0.05) is 56.0 Å². The molecule has 61 heavy (non-hydrogen) atoms. The Bertz CT molecular complexity index is 2120. The van der Waals surface area contributed by atoms with Crippen LogP contribution in [-0.4, -0.2) is 106 Å². The van der Waals surface area contributed by atoms with E-state index in [-0.39, 0.29) is 22.6 Å². The zero-order chi connectivity index (χ0) is 42.4. The molecule has 1 unspecified atom stereocenters. The maximum Gasteiger partial charge on any atom is 0.330 e. The fourth-order valence-corrected chi connectivity index (χ4v) is 11.5. The van der Waals surface area contributed by atoms with E-state index in [9.17, 15) is 10.2 Å². The van der Waals surface area contributed by atoms with Gasteiger partial charge in [0, 0.05) is 100.0 Å². The molecule has 4 aromatic rings. The molecule has 2 aliphatic carbocycles. The lowest BCUT2D eigenvalue weighted by Gasteiger charge is -2.38.